The van der Waals surface area contributed by atoms with Crippen LogP contribution in [-0.4, -0.2) is 11.8 Å². The summed E-state index contributed by atoms with van der Waals surface area (Å²) >= 11 is 17.7. The van der Waals surface area contributed by atoms with Crippen molar-refractivity contribution in [1.82, 2.24) is 5.32 Å². The van der Waals surface area contributed by atoms with Crippen LogP contribution in [0.1, 0.15) is 18.4 Å². The summed E-state index contributed by atoms with van der Waals surface area (Å²) in [6, 6.07) is 11.9. The SMILES string of the molecule is O=C(NCc1ccc(Cl)cc1)C1(C(=O)Nc2cc(Cl)cc(Cl)c2)CC1. The lowest BCUT2D eigenvalue weighted by molar-refractivity contribution is -0.134. The van der Waals surface area contributed by atoms with Crippen LogP contribution in [0.2, 0.25) is 15.1 Å². The molecule has 4 nitrogen and oxygen atoms in total. The van der Waals surface area contributed by atoms with Gasteiger partial charge in [0.2, 0.25) is 11.8 Å². The van der Waals surface area contributed by atoms with Crippen LogP contribution in [0, 0.1) is 5.41 Å². The minimum atomic E-state index is -1.03. The Labute approximate surface area is 160 Å². The second-order valence-corrected chi connectivity index (χ2v) is 7.31. The minimum absolute atomic E-state index is 0.284. The second kappa shape index (κ2) is 7.24. The molecular formula is C18H15Cl3N2O2. The monoisotopic (exact) mass is 396 g/mol. The third-order valence-electron chi connectivity index (χ3n) is 4.11. The van der Waals surface area contributed by atoms with Crippen LogP contribution in [-0.2, 0) is 16.1 Å². The molecule has 130 valence electrons. The van der Waals surface area contributed by atoms with Gasteiger partial charge >= 0.3 is 0 Å². The number of anilines is 1. The molecule has 0 atom stereocenters. The molecule has 1 saturated carbocycles. The largest absolute Gasteiger partial charge is 0.351 e. The summed E-state index contributed by atoms with van der Waals surface area (Å²) in [5.41, 5.74) is 0.358. The Kier molecular flexibility index (Phi) is 5.23. The number of halogens is 3. The molecule has 0 saturated heterocycles. The number of rotatable bonds is 5. The maximum Gasteiger partial charge on any atom is 0.240 e. The van der Waals surface area contributed by atoms with Crippen molar-refractivity contribution < 1.29 is 9.59 Å². The van der Waals surface area contributed by atoms with Gasteiger partial charge in [0, 0.05) is 27.3 Å². The molecule has 2 aromatic carbocycles. The summed E-state index contributed by atoms with van der Waals surface area (Å²) in [5.74, 6) is -0.632. The molecule has 0 spiro atoms. The Balaban J connectivity index is 1.63. The summed E-state index contributed by atoms with van der Waals surface area (Å²) in [5, 5.41) is 7.01. The quantitative estimate of drug-likeness (QED) is 0.720. The molecule has 2 aromatic rings. The van der Waals surface area contributed by atoms with Gasteiger partial charge in [-0.1, -0.05) is 46.9 Å². The van der Waals surface area contributed by atoms with Crippen LogP contribution in [0.15, 0.2) is 42.5 Å². The van der Waals surface area contributed by atoms with E-state index in [1.807, 2.05) is 12.1 Å². The number of nitrogens with one attached hydrogen (secondary N) is 2. The van der Waals surface area contributed by atoms with E-state index in [2.05, 4.69) is 10.6 Å². The van der Waals surface area contributed by atoms with Crippen molar-refractivity contribution in [3.63, 3.8) is 0 Å². The van der Waals surface area contributed by atoms with Gasteiger partial charge in [-0.25, -0.2) is 0 Å². The zero-order valence-corrected chi connectivity index (χ0v) is 15.4. The van der Waals surface area contributed by atoms with Crippen LogP contribution in [0.25, 0.3) is 0 Å². The van der Waals surface area contributed by atoms with Crippen molar-refractivity contribution in [2.24, 2.45) is 5.41 Å². The van der Waals surface area contributed by atoms with Crippen molar-refractivity contribution in [2.75, 3.05) is 5.32 Å². The first-order valence-corrected chi connectivity index (χ1v) is 8.83. The topological polar surface area (TPSA) is 58.2 Å². The minimum Gasteiger partial charge on any atom is -0.351 e. The van der Waals surface area contributed by atoms with Gasteiger partial charge in [-0.2, -0.15) is 0 Å². The predicted octanol–water partition coefficient (Wildman–Crippen LogP) is 4.68. The molecule has 0 bridgehead atoms. The Morgan fingerprint density at radius 2 is 1.48 bits per heavy atom. The van der Waals surface area contributed by atoms with E-state index in [1.165, 1.54) is 0 Å². The summed E-state index contributed by atoms with van der Waals surface area (Å²) in [6.45, 7) is 0.341. The maximum absolute atomic E-state index is 12.5. The maximum atomic E-state index is 12.5. The van der Waals surface area contributed by atoms with E-state index < -0.39 is 5.41 Å². The molecule has 1 aliphatic carbocycles. The van der Waals surface area contributed by atoms with Crippen LogP contribution < -0.4 is 10.6 Å². The fraction of sp³-hybridized carbons (Fsp3) is 0.222. The lowest BCUT2D eigenvalue weighted by atomic mass is 10.0. The molecule has 0 radical (unpaired) electrons. The summed E-state index contributed by atoms with van der Waals surface area (Å²) in [4.78, 5) is 25.0. The van der Waals surface area contributed by atoms with Gasteiger partial charge in [0.1, 0.15) is 5.41 Å². The Morgan fingerprint density at radius 3 is 2.04 bits per heavy atom. The zero-order valence-electron chi connectivity index (χ0n) is 13.1. The van der Waals surface area contributed by atoms with E-state index in [-0.39, 0.29) is 11.8 Å². The average Bonchev–Trinajstić information content (AvgIpc) is 3.35. The highest BCUT2D eigenvalue weighted by Gasteiger charge is 2.56. The summed E-state index contributed by atoms with van der Waals surface area (Å²) in [6.07, 6.45) is 1.03. The van der Waals surface area contributed by atoms with Crippen LogP contribution >= 0.6 is 34.8 Å². The first-order chi connectivity index (χ1) is 11.9. The Hall–Kier alpha value is -1.75. The third-order valence-corrected chi connectivity index (χ3v) is 4.79. The fourth-order valence-corrected chi connectivity index (χ4v) is 3.16. The summed E-state index contributed by atoms with van der Waals surface area (Å²) < 4.78 is 0. The molecular weight excluding hydrogens is 383 g/mol. The van der Waals surface area contributed by atoms with Crippen LogP contribution in [0.5, 0.6) is 0 Å². The highest BCUT2D eigenvalue weighted by molar-refractivity contribution is 6.35. The number of carbonyl (C=O) groups is 2. The van der Waals surface area contributed by atoms with E-state index in [9.17, 15) is 9.59 Å². The first kappa shape index (κ1) is 18.1. The van der Waals surface area contributed by atoms with E-state index in [4.69, 9.17) is 34.8 Å². The number of hydrogen-bond acceptors (Lipinski definition) is 2. The average molecular weight is 398 g/mol. The molecule has 0 aromatic heterocycles. The van der Waals surface area contributed by atoms with Crippen molar-refractivity contribution in [3.05, 3.63) is 63.1 Å². The van der Waals surface area contributed by atoms with E-state index in [0.29, 0.717) is 40.1 Å². The highest BCUT2D eigenvalue weighted by Crippen LogP contribution is 2.47. The van der Waals surface area contributed by atoms with Crippen molar-refractivity contribution in [1.29, 1.82) is 0 Å². The molecule has 3 rings (SSSR count). The van der Waals surface area contributed by atoms with Crippen molar-refractivity contribution in [3.8, 4) is 0 Å². The van der Waals surface area contributed by atoms with Gasteiger partial charge in [0.25, 0.3) is 0 Å². The van der Waals surface area contributed by atoms with Crippen LogP contribution in [0.3, 0.4) is 0 Å². The zero-order chi connectivity index (χ0) is 18.0. The van der Waals surface area contributed by atoms with Gasteiger partial charge in [-0.15, -0.1) is 0 Å². The lowest BCUT2D eigenvalue weighted by Crippen LogP contribution is -2.39. The molecule has 0 unspecified atom stereocenters. The third kappa shape index (κ3) is 4.27. The molecule has 2 N–H and O–H groups in total. The number of carbonyl (C=O) groups excluding carboxylic acids is 2. The Bertz CT molecular complexity index is 797. The molecule has 2 amide bonds. The van der Waals surface area contributed by atoms with Gasteiger partial charge in [0.05, 0.1) is 0 Å². The van der Waals surface area contributed by atoms with Crippen LogP contribution in [0.4, 0.5) is 5.69 Å². The van der Waals surface area contributed by atoms with Crippen molar-refractivity contribution >= 4 is 52.3 Å². The number of benzene rings is 2. The molecule has 1 fully saturated rings. The van der Waals surface area contributed by atoms with E-state index in [1.54, 1.807) is 30.3 Å². The van der Waals surface area contributed by atoms with Gasteiger partial charge in [-0.05, 0) is 48.7 Å². The van der Waals surface area contributed by atoms with Crippen molar-refractivity contribution in [2.45, 2.75) is 19.4 Å². The normalized spacial score (nSPS) is 14.7. The molecule has 7 heteroatoms. The molecule has 0 aliphatic heterocycles. The summed E-state index contributed by atoms with van der Waals surface area (Å²) in [7, 11) is 0. The second-order valence-electron chi connectivity index (χ2n) is 6.00. The fourth-order valence-electron chi connectivity index (χ4n) is 2.51. The van der Waals surface area contributed by atoms with Gasteiger partial charge in [0.15, 0.2) is 0 Å². The lowest BCUT2D eigenvalue weighted by Gasteiger charge is -2.16. The standard InChI is InChI=1S/C18H15Cl3N2O2/c19-12-3-1-11(2-4-12)10-22-16(24)18(5-6-18)17(25)23-15-8-13(20)7-14(21)9-15/h1-4,7-9H,5-6,10H2,(H,22,24)(H,23,25). The smallest absolute Gasteiger partial charge is 0.240 e. The van der Waals surface area contributed by atoms with E-state index in [0.717, 1.165) is 5.56 Å². The van der Waals surface area contributed by atoms with E-state index >= 15 is 0 Å². The molecule has 25 heavy (non-hydrogen) atoms. The molecule has 1 aliphatic rings. The van der Waals surface area contributed by atoms with Gasteiger partial charge < -0.3 is 10.6 Å². The van der Waals surface area contributed by atoms with Gasteiger partial charge in [-0.3, -0.25) is 9.59 Å². The Morgan fingerprint density at radius 1 is 0.880 bits per heavy atom. The highest BCUT2D eigenvalue weighted by atomic mass is 35.5. The number of hydrogen-bond donors (Lipinski definition) is 2. The molecule has 0 heterocycles. The number of amides is 2. The first-order valence-electron chi connectivity index (χ1n) is 7.69. The predicted molar refractivity (Wildman–Crippen MR) is 100 cm³/mol.